The normalized spacial score (nSPS) is 15.4. The molecule has 0 heterocycles. The quantitative estimate of drug-likeness (QED) is 0.800. The Kier molecular flexibility index (Phi) is 4.43. The Bertz CT molecular complexity index is 370. The number of nitrogens with one attached hydrogen (secondary N) is 1. The molecule has 1 N–H and O–H groups in total. The predicted octanol–water partition coefficient (Wildman–Crippen LogP) is 3.23. The lowest BCUT2D eigenvalue weighted by Gasteiger charge is -2.24. The first-order chi connectivity index (χ1) is 8.28. The second-order valence-electron chi connectivity index (χ2n) is 4.73. The van der Waals surface area contributed by atoms with Gasteiger partial charge in [0.15, 0.2) is 0 Å². The van der Waals surface area contributed by atoms with Crippen LogP contribution < -0.4 is 5.32 Å². The van der Waals surface area contributed by atoms with E-state index in [4.69, 9.17) is 11.6 Å². The molecule has 1 aliphatic rings. The molecule has 2 rings (SSSR count). The molecule has 1 aromatic rings. The van der Waals surface area contributed by atoms with Crippen LogP contribution in [0, 0.1) is 5.92 Å². The van der Waals surface area contributed by atoms with Crippen LogP contribution in [0.1, 0.15) is 36.8 Å². The van der Waals surface area contributed by atoms with E-state index in [2.05, 4.69) is 5.32 Å². The minimum absolute atomic E-state index is 0.177. The van der Waals surface area contributed by atoms with Gasteiger partial charge in [-0.2, -0.15) is 0 Å². The highest BCUT2D eigenvalue weighted by atomic mass is 35.5. The molecule has 0 radical (unpaired) electrons. The van der Waals surface area contributed by atoms with Crippen LogP contribution in [0.15, 0.2) is 24.3 Å². The highest BCUT2D eigenvalue weighted by Crippen LogP contribution is 2.29. The number of alkyl halides is 1. The van der Waals surface area contributed by atoms with Crippen molar-refractivity contribution in [2.75, 3.05) is 0 Å². The molecule has 0 atom stereocenters. The maximum Gasteiger partial charge on any atom is 0.220 e. The van der Waals surface area contributed by atoms with Gasteiger partial charge in [0.05, 0.1) is 0 Å². The third-order valence-electron chi connectivity index (χ3n) is 3.37. The molecule has 0 aromatic heterocycles. The van der Waals surface area contributed by atoms with Gasteiger partial charge in [-0.3, -0.25) is 4.79 Å². The van der Waals surface area contributed by atoms with E-state index in [1.807, 2.05) is 24.3 Å². The molecule has 1 fully saturated rings. The predicted molar refractivity (Wildman–Crippen MR) is 69.8 cm³/mol. The van der Waals surface area contributed by atoms with E-state index in [0.29, 0.717) is 24.8 Å². The maximum atomic E-state index is 11.6. The smallest absolute Gasteiger partial charge is 0.220 e. The van der Waals surface area contributed by atoms with Crippen LogP contribution in [0.5, 0.6) is 0 Å². The SMILES string of the molecule is O=C(CC1CCC1)NCc1ccc(CCl)cc1. The number of hydrogen-bond acceptors (Lipinski definition) is 1. The lowest BCUT2D eigenvalue weighted by atomic mass is 9.83. The summed E-state index contributed by atoms with van der Waals surface area (Å²) >= 11 is 5.72. The van der Waals surface area contributed by atoms with E-state index in [9.17, 15) is 4.79 Å². The molecule has 0 unspecified atom stereocenters. The molecule has 1 saturated carbocycles. The van der Waals surface area contributed by atoms with Gasteiger partial charge in [0, 0.05) is 18.8 Å². The van der Waals surface area contributed by atoms with Crippen molar-refractivity contribution in [3.05, 3.63) is 35.4 Å². The van der Waals surface area contributed by atoms with Crippen LogP contribution >= 0.6 is 11.6 Å². The summed E-state index contributed by atoms with van der Waals surface area (Å²) in [7, 11) is 0. The number of carbonyl (C=O) groups is 1. The number of amides is 1. The van der Waals surface area contributed by atoms with Crippen molar-refractivity contribution in [2.24, 2.45) is 5.92 Å². The lowest BCUT2D eigenvalue weighted by Crippen LogP contribution is -2.27. The van der Waals surface area contributed by atoms with E-state index in [1.54, 1.807) is 0 Å². The Morgan fingerprint density at radius 2 is 1.88 bits per heavy atom. The molecule has 2 nitrogen and oxygen atoms in total. The van der Waals surface area contributed by atoms with Crippen LogP contribution in [-0.4, -0.2) is 5.91 Å². The second kappa shape index (κ2) is 6.06. The van der Waals surface area contributed by atoms with Gasteiger partial charge in [0.25, 0.3) is 0 Å². The highest BCUT2D eigenvalue weighted by Gasteiger charge is 2.20. The number of rotatable bonds is 5. The molecule has 0 aliphatic heterocycles. The molecule has 0 saturated heterocycles. The summed E-state index contributed by atoms with van der Waals surface area (Å²) in [6.07, 6.45) is 4.42. The molecule has 3 heteroatoms. The van der Waals surface area contributed by atoms with Gasteiger partial charge in [-0.1, -0.05) is 30.7 Å². The van der Waals surface area contributed by atoms with Crippen LogP contribution in [0.4, 0.5) is 0 Å². The Labute approximate surface area is 107 Å². The monoisotopic (exact) mass is 251 g/mol. The largest absolute Gasteiger partial charge is 0.352 e. The van der Waals surface area contributed by atoms with Gasteiger partial charge in [-0.05, 0) is 29.9 Å². The summed E-state index contributed by atoms with van der Waals surface area (Å²) in [5, 5.41) is 2.96. The third-order valence-corrected chi connectivity index (χ3v) is 3.67. The van der Waals surface area contributed by atoms with E-state index in [-0.39, 0.29) is 5.91 Å². The number of carbonyl (C=O) groups excluding carboxylic acids is 1. The van der Waals surface area contributed by atoms with E-state index in [0.717, 1.165) is 11.1 Å². The van der Waals surface area contributed by atoms with E-state index < -0.39 is 0 Å². The van der Waals surface area contributed by atoms with Crippen molar-refractivity contribution < 1.29 is 4.79 Å². The average molecular weight is 252 g/mol. The highest BCUT2D eigenvalue weighted by molar-refractivity contribution is 6.17. The number of benzene rings is 1. The summed E-state index contributed by atoms with van der Waals surface area (Å²) in [4.78, 5) is 11.6. The van der Waals surface area contributed by atoms with Crippen molar-refractivity contribution in [2.45, 2.75) is 38.1 Å². The average Bonchev–Trinajstić information content (AvgIpc) is 2.32. The Hall–Kier alpha value is -1.02. The zero-order chi connectivity index (χ0) is 12.1. The Morgan fingerprint density at radius 1 is 1.24 bits per heavy atom. The molecule has 0 spiro atoms. The van der Waals surface area contributed by atoms with Gasteiger partial charge >= 0.3 is 0 Å². The van der Waals surface area contributed by atoms with Crippen molar-refractivity contribution >= 4 is 17.5 Å². The Morgan fingerprint density at radius 3 is 2.41 bits per heavy atom. The molecule has 1 aliphatic carbocycles. The summed E-state index contributed by atoms with van der Waals surface area (Å²) in [6.45, 7) is 0.619. The van der Waals surface area contributed by atoms with Crippen LogP contribution in [0.2, 0.25) is 0 Å². The fourth-order valence-corrected chi connectivity index (χ4v) is 2.16. The van der Waals surface area contributed by atoms with Gasteiger partial charge in [0.2, 0.25) is 5.91 Å². The van der Waals surface area contributed by atoms with E-state index in [1.165, 1.54) is 19.3 Å². The van der Waals surface area contributed by atoms with Gasteiger partial charge in [0.1, 0.15) is 0 Å². The van der Waals surface area contributed by atoms with Gasteiger partial charge < -0.3 is 5.32 Å². The standard InChI is InChI=1S/C14H18ClNO/c15-9-12-4-6-13(7-5-12)10-16-14(17)8-11-2-1-3-11/h4-7,11H,1-3,8-10H2,(H,16,17). The Balaban J connectivity index is 1.74. The van der Waals surface area contributed by atoms with Crippen molar-refractivity contribution in [1.82, 2.24) is 5.32 Å². The first-order valence-electron chi connectivity index (χ1n) is 6.18. The molecule has 0 bridgehead atoms. The molecule has 1 aromatic carbocycles. The summed E-state index contributed by atoms with van der Waals surface area (Å²) in [6, 6.07) is 8.03. The minimum Gasteiger partial charge on any atom is -0.352 e. The summed E-state index contributed by atoms with van der Waals surface area (Å²) in [5.74, 6) is 1.35. The fourth-order valence-electron chi connectivity index (χ4n) is 1.98. The number of hydrogen-bond donors (Lipinski definition) is 1. The van der Waals surface area contributed by atoms with Crippen molar-refractivity contribution in [1.29, 1.82) is 0 Å². The topological polar surface area (TPSA) is 29.1 Å². The second-order valence-corrected chi connectivity index (χ2v) is 5.00. The maximum absolute atomic E-state index is 11.6. The first kappa shape index (κ1) is 12.4. The van der Waals surface area contributed by atoms with E-state index >= 15 is 0 Å². The molecular formula is C14H18ClNO. The fraction of sp³-hybridized carbons (Fsp3) is 0.500. The lowest BCUT2D eigenvalue weighted by molar-refractivity contribution is -0.122. The molecule has 92 valence electrons. The van der Waals surface area contributed by atoms with Crippen molar-refractivity contribution in [3.8, 4) is 0 Å². The summed E-state index contributed by atoms with van der Waals surface area (Å²) < 4.78 is 0. The van der Waals surface area contributed by atoms with Gasteiger partial charge in [-0.25, -0.2) is 0 Å². The molecular weight excluding hydrogens is 234 g/mol. The molecule has 17 heavy (non-hydrogen) atoms. The summed E-state index contributed by atoms with van der Waals surface area (Å²) in [5.41, 5.74) is 2.23. The van der Waals surface area contributed by atoms with Crippen LogP contribution in [0.25, 0.3) is 0 Å². The first-order valence-corrected chi connectivity index (χ1v) is 6.72. The van der Waals surface area contributed by atoms with Crippen LogP contribution in [0.3, 0.4) is 0 Å². The zero-order valence-electron chi connectivity index (χ0n) is 9.92. The van der Waals surface area contributed by atoms with Crippen LogP contribution in [-0.2, 0) is 17.2 Å². The van der Waals surface area contributed by atoms with Gasteiger partial charge in [-0.15, -0.1) is 11.6 Å². The molecule has 1 amide bonds. The third kappa shape index (κ3) is 3.74. The number of halogens is 1. The minimum atomic E-state index is 0.177. The van der Waals surface area contributed by atoms with Crippen molar-refractivity contribution in [3.63, 3.8) is 0 Å². The zero-order valence-corrected chi connectivity index (χ0v) is 10.7.